The van der Waals surface area contributed by atoms with Gasteiger partial charge in [0.05, 0.1) is 25.8 Å². The van der Waals surface area contributed by atoms with Gasteiger partial charge in [0.15, 0.2) is 0 Å². The SMILES string of the molecule is NCC(=O)NCc1cn(Cc2ccc3c(c2)CCC3)nn1. The lowest BCUT2D eigenvalue weighted by molar-refractivity contribution is -0.119. The van der Waals surface area contributed by atoms with Crippen molar-refractivity contribution in [2.45, 2.75) is 32.4 Å². The number of amides is 1. The molecule has 1 aromatic heterocycles. The lowest BCUT2D eigenvalue weighted by Gasteiger charge is -2.04. The highest BCUT2D eigenvalue weighted by Crippen LogP contribution is 2.23. The Morgan fingerprint density at radius 3 is 3.05 bits per heavy atom. The third kappa shape index (κ3) is 3.28. The standard InChI is InChI=1S/C15H19N5O/c16-7-15(21)17-8-14-10-20(19-18-14)9-11-4-5-12-2-1-3-13(12)6-11/h4-6,10H,1-3,7-9,16H2,(H,17,21). The van der Waals surface area contributed by atoms with Gasteiger partial charge in [-0.3, -0.25) is 4.79 Å². The molecule has 3 rings (SSSR count). The van der Waals surface area contributed by atoms with E-state index in [1.807, 2.05) is 6.20 Å². The Morgan fingerprint density at radius 1 is 1.33 bits per heavy atom. The number of rotatable bonds is 5. The van der Waals surface area contributed by atoms with Crippen LogP contribution in [-0.2, 0) is 30.7 Å². The predicted octanol–water partition coefficient (Wildman–Crippen LogP) is 0.390. The summed E-state index contributed by atoms with van der Waals surface area (Å²) in [4.78, 5) is 11.1. The average Bonchev–Trinajstić information content (AvgIpc) is 3.13. The Labute approximate surface area is 123 Å². The summed E-state index contributed by atoms with van der Waals surface area (Å²) in [5, 5.41) is 10.8. The topological polar surface area (TPSA) is 85.8 Å². The number of aromatic nitrogens is 3. The van der Waals surface area contributed by atoms with Crippen molar-refractivity contribution in [2.24, 2.45) is 5.73 Å². The number of fused-ring (bicyclic) bond motifs is 1. The van der Waals surface area contributed by atoms with Gasteiger partial charge >= 0.3 is 0 Å². The minimum atomic E-state index is -0.192. The fraction of sp³-hybridized carbons (Fsp3) is 0.400. The molecule has 6 heteroatoms. The van der Waals surface area contributed by atoms with Gasteiger partial charge < -0.3 is 11.1 Å². The molecule has 1 aromatic carbocycles. The number of benzene rings is 1. The normalized spacial score (nSPS) is 13.2. The second-order valence-electron chi connectivity index (χ2n) is 5.34. The van der Waals surface area contributed by atoms with E-state index in [0.717, 1.165) is 5.69 Å². The Bertz CT molecular complexity index is 649. The van der Waals surface area contributed by atoms with Gasteiger partial charge in [-0.25, -0.2) is 4.68 Å². The zero-order valence-electron chi connectivity index (χ0n) is 11.9. The van der Waals surface area contributed by atoms with Crippen LogP contribution in [0.1, 0.15) is 28.8 Å². The van der Waals surface area contributed by atoms with E-state index in [2.05, 4.69) is 33.8 Å². The van der Waals surface area contributed by atoms with Gasteiger partial charge in [0.1, 0.15) is 5.69 Å². The van der Waals surface area contributed by atoms with E-state index >= 15 is 0 Å². The molecule has 0 fully saturated rings. The Kier molecular flexibility index (Phi) is 3.96. The van der Waals surface area contributed by atoms with Crippen LogP contribution >= 0.6 is 0 Å². The Balaban J connectivity index is 1.63. The first-order valence-corrected chi connectivity index (χ1v) is 7.21. The largest absolute Gasteiger partial charge is 0.349 e. The van der Waals surface area contributed by atoms with E-state index < -0.39 is 0 Å². The van der Waals surface area contributed by atoms with Gasteiger partial charge in [-0.2, -0.15) is 0 Å². The van der Waals surface area contributed by atoms with Crippen molar-refractivity contribution in [3.8, 4) is 0 Å². The molecule has 0 spiro atoms. The molecule has 3 N–H and O–H groups in total. The Hall–Kier alpha value is -2.21. The maximum Gasteiger partial charge on any atom is 0.234 e. The van der Waals surface area contributed by atoms with Crippen LogP contribution < -0.4 is 11.1 Å². The van der Waals surface area contributed by atoms with Crippen LogP contribution in [0.2, 0.25) is 0 Å². The van der Waals surface area contributed by atoms with Crippen LogP contribution in [0, 0.1) is 0 Å². The van der Waals surface area contributed by atoms with Gasteiger partial charge in [-0.05, 0) is 36.0 Å². The summed E-state index contributed by atoms with van der Waals surface area (Å²) in [5.74, 6) is -0.192. The van der Waals surface area contributed by atoms with Gasteiger partial charge in [0.2, 0.25) is 5.91 Å². The number of hydrogen-bond acceptors (Lipinski definition) is 4. The molecule has 0 bridgehead atoms. The number of carbonyl (C=O) groups excluding carboxylic acids is 1. The fourth-order valence-corrected chi connectivity index (χ4v) is 2.67. The summed E-state index contributed by atoms with van der Waals surface area (Å²) in [6.45, 7) is 1.05. The highest BCUT2D eigenvalue weighted by molar-refractivity contribution is 5.77. The summed E-state index contributed by atoms with van der Waals surface area (Å²) in [6, 6.07) is 6.64. The second kappa shape index (κ2) is 6.05. The highest BCUT2D eigenvalue weighted by Gasteiger charge is 2.11. The number of nitrogens with one attached hydrogen (secondary N) is 1. The van der Waals surface area contributed by atoms with Crippen molar-refractivity contribution in [3.63, 3.8) is 0 Å². The van der Waals surface area contributed by atoms with Crippen molar-refractivity contribution < 1.29 is 4.79 Å². The molecule has 21 heavy (non-hydrogen) atoms. The van der Waals surface area contributed by atoms with Crippen LogP contribution in [-0.4, -0.2) is 27.4 Å². The molecule has 0 atom stereocenters. The molecule has 110 valence electrons. The van der Waals surface area contributed by atoms with E-state index in [1.165, 1.54) is 36.0 Å². The van der Waals surface area contributed by atoms with Gasteiger partial charge in [0, 0.05) is 0 Å². The molecular weight excluding hydrogens is 266 g/mol. The quantitative estimate of drug-likeness (QED) is 0.832. The monoisotopic (exact) mass is 285 g/mol. The van der Waals surface area contributed by atoms with Crippen LogP contribution in [0.15, 0.2) is 24.4 Å². The van der Waals surface area contributed by atoms with Gasteiger partial charge in [-0.1, -0.05) is 23.4 Å². The van der Waals surface area contributed by atoms with Crippen molar-refractivity contribution >= 4 is 5.91 Å². The number of nitrogens with two attached hydrogens (primary N) is 1. The van der Waals surface area contributed by atoms with Crippen molar-refractivity contribution in [2.75, 3.05) is 6.54 Å². The number of carbonyl (C=O) groups is 1. The zero-order chi connectivity index (χ0) is 14.7. The smallest absolute Gasteiger partial charge is 0.234 e. The molecule has 1 amide bonds. The average molecular weight is 285 g/mol. The lowest BCUT2D eigenvalue weighted by atomic mass is 10.1. The molecular formula is C15H19N5O. The Morgan fingerprint density at radius 2 is 2.19 bits per heavy atom. The molecule has 1 aliphatic rings. The van der Waals surface area contributed by atoms with Crippen molar-refractivity contribution in [3.05, 3.63) is 46.8 Å². The van der Waals surface area contributed by atoms with Gasteiger partial charge in [-0.15, -0.1) is 5.10 Å². The third-order valence-electron chi connectivity index (χ3n) is 3.75. The number of nitrogens with zero attached hydrogens (tertiary/aromatic N) is 3. The first-order valence-electron chi connectivity index (χ1n) is 7.21. The third-order valence-corrected chi connectivity index (χ3v) is 3.75. The van der Waals surface area contributed by atoms with Crippen LogP contribution in [0.25, 0.3) is 0 Å². The molecule has 0 aliphatic heterocycles. The minimum Gasteiger partial charge on any atom is -0.349 e. The molecule has 1 aliphatic carbocycles. The van der Waals surface area contributed by atoms with E-state index in [0.29, 0.717) is 13.1 Å². The maximum absolute atomic E-state index is 11.1. The predicted molar refractivity (Wildman–Crippen MR) is 78.5 cm³/mol. The highest BCUT2D eigenvalue weighted by atomic mass is 16.1. The summed E-state index contributed by atoms with van der Waals surface area (Å²) in [7, 11) is 0. The van der Waals surface area contributed by atoms with E-state index in [1.54, 1.807) is 4.68 Å². The zero-order valence-corrected chi connectivity index (χ0v) is 11.9. The van der Waals surface area contributed by atoms with Crippen molar-refractivity contribution in [1.29, 1.82) is 0 Å². The molecule has 1 heterocycles. The summed E-state index contributed by atoms with van der Waals surface area (Å²) < 4.78 is 1.79. The summed E-state index contributed by atoms with van der Waals surface area (Å²) in [5.41, 5.74) is 10.1. The van der Waals surface area contributed by atoms with Crippen LogP contribution in [0.5, 0.6) is 0 Å². The molecule has 0 radical (unpaired) electrons. The summed E-state index contributed by atoms with van der Waals surface area (Å²) >= 11 is 0. The minimum absolute atomic E-state index is 0.0107. The van der Waals surface area contributed by atoms with Crippen LogP contribution in [0.4, 0.5) is 0 Å². The fourth-order valence-electron chi connectivity index (χ4n) is 2.67. The summed E-state index contributed by atoms with van der Waals surface area (Å²) in [6.07, 6.45) is 5.48. The second-order valence-corrected chi connectivity index (χ2v) is 5.34. The molecule has 0 saturated heterocycles. The molecule has 0 saturated carbocycles. The van der Waals surface area contributed by atoms with E-state index in [4.69, 9.17) is 5.73 Å². The number of aryl methyl sites for hydroxylation is 2. The van der Waals surface area contributed by atoms with Gasteiger partial charge in [0.25, 0.3) is 0 Å². The molecule has 6 nitrogen and oxygen atoms in total. The van der Waals surface area contributed by atoms with E-state index in [-0.39, 0.29) is 12.5 Å². The number of hydrogen-bond donors (Lipinski definition) is 2. The lowest BCUT2D eigenvalue weighted by Crippen LogP contribution is -2.29. The first kappa shape index (κ1) is 13.8. The molecule has 0 unspecified atom stereocenters. The molecule has 2 aromatic rings. The maximum atomic E-state index is 11.1. The van der Waals surface area contributed by atoms with Crippen molar-refractivity contribution in [1.82, 2.24) is 20.3 Å². The van der Waals surface area contributed by atoms with E-state index in [9.17, 15) is 4.79 Å². The first-order chi connectivity index (χ1) is 10.2. The van der Waals surface area contributed by atoms with Crippen LogP contribution in [0.3, 0.4) is 0 Å².